The highest BCUT2D eigenvalue weighted by Gasteiger charge is 2.14. The lowest BCUT2D eigenvalue weighted by atomic mass is 10.2. The summed E-state index contributed by atoms with van der Waals surface area (Å²) in [5.74, 6) is 0.918. The third kappa shape index (κ3) is 3.76. The predicted octanol–water partition coefficient (Wildman–Crippen LogP) is 4.74. The van der Waals surface area contributed by atoms with E-state index in [0.29, 0.717) is 17.2 Å². The number of rotatable bonds is 6. The third-order valence-electron chi connectivity index (χ3n) is 3.95. The fraction of sp³-hybridized carbons (Fsp3) is 0.150. The minimum atomic E-state index is -0.276. The molecule has 0 aliphatic heterocycles. The number of amides is 1. The van der Waals surface area contributed by atoms with Crippen LogP contribution in [-0.2, 0) is 4.79 Å². The molecule has 4 rings (SSSR count). The number of anilines is 1. The summed E-state index contributed by atoms with van der Waals surface area (Å²) in [6.45, 7) is 1.82. The zero-order valence-corrected chi connectivity index (χ0v) is 16.5. The average molecular weight is 409 g/mol. The molecule has 0 bridgehead atoms. The molecular weight excluding hydrogens is 394 g/mol. The van der Waals surface area contributed by atoms with Crippen molar-refractivity contribution in [3.8, 4) is 17.6 Å². The number of thiophene rings is 1. The van der Waals surface area contributed by atoms with Crippen molar-refractivity contribution >= 4 is 54.6 Å². The largest absolute Gasteiger partial charge is 0.483 e. The molecule has 4 aromatic rings. The number of thiazole rings is 1. The van der Waals surface area contributed by atoms with Crippen LogP contribution in [0.2, 0.25) is 0 Å². The summed E-state index contributed by atoms with van der Waals surface area (Å²) in [6, 6.07) is 12.7. The monoisotopic (exact) mass is 409 g/mol. The van der Waals surface area contributed by atoms with E-state index in [2.05, 4.69) is 10.3 Å². The van der Waals surface area contributed by atoms with Gasteiger partial charge in [0.05, 0.1) is 19.9 Å². The van der Waals surface area contributed by atoms with Gasteiger partial charge in [-0.1, -0.05) is 6.07 Å². The Morgan fingerprint density at radius 1 is 1.29 bits per heavy atom. The minimum Gasteiger partial charge on any atom is -0.483 e. The van der Waals surface area contributed by atoms with Gasteiger partial charge in [-0.2, -0.15) is 5.26 Å². The van der Waals surface area contributed by atoms with Crippen molar-refractivity contribution in [2.45, 2.75) is 6.92 Å². The second-order valence-corrected chi connectivity index (χ2v) is 8.08. The Morgan fingerprint density at radius 2 is 2.18 bits per heavy atom. The van der Waals surface area contributed by atoms with Crippen molar-refractivity contribution in [2.24, 2.45) is 0 Å². The molecule has 0 spiro atoms. The number of hydrogen-bond acceptors (Lipinski definition) is 7. The summed E-state index contributed by atoms with van der Waals surface area (Å²) in [6.07, 6.45) is 0. The van der Waals surface area contributed by atoms with Gasteiger partial charge in [0.15, 0.2) is 13.2 Å². The number of carbonyl (C=O) groups excluding carboxylic acids is 1. The van der Waals surface area contributed by atoms with Gasteiger partial charge in [-0.15, -0.1) is 22.7 Å². The van der Waals surface area contributed by atoms with Gasteiger partial charge in [0.2, 0.25) is 0 Å². The summed E-state index contributed by atoms with van der Waals surface area (Å²) in [5.41, 5.74) is 1.57. The number of hydrogen-bond donors (Lipinski definition) is 1. The molecule has 0 aliphatic carbocycles. The molecule has 2 aromatic carbocycles. The van der Waals surface area contributed by atoms with Crippen molar-refractivity contribution in [1.82, 2.24) is 4.98 Å². The van der Waals surface area contributed by atoms with Crippen molar-refractivity contribution in [3.63, 3.8) is 0 Å². The van der Waals surface area contributed by atoms with Gasteiger partial charge < -0.3 is 14.8 Å². The molecule has 0 atom stereocenters. The molecule has 0 fully saturated rings. The summed E-state index contributed by atoms with van der Waals surface area (Å²) < 4.78 is 13.2. The number of nitrogens with one attached hydrogen (secondary N) is 1. The number of nitrogens with zero attached hydrogens (tertiary/aromatic N) is 2. The molecule has 140 valence electrons. The molecule has 0 saturated heterocycles. The number of aromatic nitrogens is 1. The van der Waals surface area contributed by atoms with E-state index in [1.165, 1.54) is 0 Å². The van der Waals surface area contributed by atoms with Gasteiger partial charge in [-0.25, -0.2) is 4.98 Å². The smallest absolute Gasteiger partial charge is 0.262 e. The van der Waals surface area contributed by atoms with Gasteiger partial charge in [-0.3, -0.25) is 4.79 Å². The molecule has 0 saturated carbocycles. The van der Waals surface area contributed by atoms with Gasteiger partial charge in [0.25, 0.3) is 5.91 Å². The second kappa shape index (κ2) is 7.84. The van der Waals surface area contributed by atoms with E-state index in [0.717, 1.165) is 25.3 Å². The molecule has 1 N–H and O–H groups in total. The van der Waals surface area contributed by atoms with E-state index in [9.17, 15) is 4.79 Å². The summed E-state index contributed by atoms with van der Waals surface area (Å²) in [7, 11) is 0. The number of nitriles is 1. The topological polar surface area (TPSA) is 84.2 Å². The highest BCUT2D eigenvalue weighted by Crippen LogP contribution is 2.38. The molecule has 0 radical (unpaired) electrons. The second-order valence-electron chi connectivity index (χ2n) is 5.93. The molecule has 2 aromatic heterocycles. The number of carbonyl (C=O) groups is 1. The first-order valence-electron chi connectivity index (χ1n) is 8.44. The Hall–Kier alpha value is -3.15. The van der Waals surface area contributed by atoms with Crippen molar-refractivity contribution < 1.29 is 14.3 Å². The van der Waals surface area contributed by atoms with Crippen LogP contribution in [0.5, 0.6) is 11.5 Å². The van der Waals surface area contributed by atoms with E-state index < -0.39 is 0 Å². The van der Waals surface area contributed by atoms with E-state index in [-0.39, 0.29) is 19.1 Å². The molecule has 1 amide bonds. The molecular formula is C20H15N3O3S2. The maximum atomic E-state index is 12.3. The lowest BCUT2D eigenvalue weighted by molar-refractivity contribution is -0.118. The summed E-state index contributed by atoms with van der Waals surface area (Å²) in [5, 5.41) is 15.3. The van der Waals surface area contributed by atoms with Crippen LogP contribution in [0.3, 0.4) is 0 Å². The highest BCUT2D eigenvalue weighted by molar-refractivity contribution is 7.21. The SMILES string of the molecule is Cc1nc2c(cc(OCC(=O)Nc3cccc(OCC#N)c3)c3ccsc32)s1. The summed E-state index contributed by atoms with van der Waals surface area (Å²) >= 11 is 3.22. The first kappa shape index (κ1) is 18.2. The Bertz CT molecular complexity index is 1210. The molecule has 6 nitrogen and oxygen atoms in total. The normalized spacial score (nSPS) is 10.7. The van der Waals surface area contributed by atoms with Crippen molar-refractivity contribution in [1.29, 1.82) is 5.26 Å². The Morgan fingerprint density at radius 3 is 3.04 bits per heavy atom. The Labute approximate surface area is 169 Å². The van der Waals surface area contributed by atoms with Crippen LogP contribution in [-0.4, -0.2) is 24.1 Å². The molecule has 0 unspecified atom stereocenters. The fourth-order valence-corrected chi connectivity index (χ4v) is 4.66. The highest BCUT2D eigenvalue weighted by atomic mass is 32.1. The summed E-state index contributed by atoms with van der Waals surface area (Å²) in [4.78, 5) is 16.9. The third-order valence-corrected chi connectivity index (χ3v) is 5.79. The maximum Gasteiger partial charge on any atom is 0.262 e. The maximum absolute atomic E-state index is 12.3. The van der Waals surface area contributed by atoms with E-state index in [1.54, 1.807) is 46.9 Å². The molecule has 2 heterocycles. The van der Waals surface area contributed by atoms with Gasteiger partial charge in [0.1, 0.15) is 17.6 Å². The van der Waals surface area contributed by atoms with Crippen molar-refractivity contribution in [3.05, 3.63) is 46.8 Å². The van der Waals surface area contributed by atoms with Crippen LogP contribution < -0.4 is 14.8 Å². The predicted molar refractivity (Wildman–Crippen MR) is 111 cm³/mol. The molecule has 28 heavy (non-hydrogen) atoms. The zero-order valence-electron chi connectivity index (χ0n) is 14.9. The standard InChI is InChI=1S/C20H15N3O3S2/c1-12-22-19-17(28-12)10-16(15-5-8-27-20(15)19)26-11-18(24)23-13-3-2-4-14(9-13)25-7-6-21/h2-5,8-10H,7,11H2,1H3,(H,23,24). The number of fused-ring (bicyclic) bond motifs is 3. The Balaban J connectivity index is 1.47. The molecule has 0 aliphatic rings. The minimum absolute atomic E-state index is 0.0450. The van der Waals surface area contributed by atoms with E-state index >= 15 is 0 Å². The van der Waals surface area contributed by atoms with Crippen LogP contribution >= 0.6 is 22.7 Å². The molecule has 8 heteroatoms. The van der Waals surface area contributed by atoms with E-state index in [1.807, 2.05) is 30.5 Å². The fourth-order valence-electron chi connectivity index (χ4n) is 2.83. The Kier molecular flexibility index (Phi) is 5.10. The van der Waals surface area contributed by atoms with Crippen LogP contribution in [0.4, 0.5) is 5.69 Å². The lowest BCUT2D eigenvalue weighted by Gasteiger charge is -2.10. The van der Waals surface area contributed by atoms with Crippen LogP contribution in [0.1, 0.15) is 5.01 Å². The van der Waals surface area contributed by atoms with Crippen LogP contribution in [0.25, 0.3) is 20.3 Å². The first-order valence-corrected chi connectivity index (χ1v) is 10.1. The van der Waals surface area contributed by atoms with E-state index in [4.69, 9.17) is 14.7 Å². The average Bonchev–Trinajstić information content (AvgIpc) is 3.30. The van der Waals surface area contributed by atoms with Crippen molar-refractivity contribution in [2.75, 3.05) is 18.5 Å². The van der Waals surface area contributed by atoms with Gasteiger partial charge >= 0.3 is 0 Å². The lowest BCUT2D eigenvalue weighted by Crippen LogP contribution is -2.20. The first-order chi connectivity index (χ1) is 13.6. The van der Waals surface area contributed by atoms with Gasteiger partial charge in [0, 0.05) is 23.2 Å². The number of ether oxygens (including phenoxy) is 2. The van der Waals surface area contributed by atoms with Crippen LogP contribution in [0, 0.1) is 18.3 Å². The van der Waals surface area contributed by atoms with Crippen LogP contribution in [0.15, 0.2) is 41.8 Å². The van der Waals surface area contributed by atoms with Gasteiger partial charge in [-0.05, 0) is 30.5 Å². The number of benzene rings is 2. The number of aryl methyl sites for hydroxylation is 1. The zero-order chi connectivity index (χ0) is 19.5. The quantitative estimate of drug-likeness (QED) is 0.497.